The monoisotopic (exact) mass is 246 g/mol. The third-order valence-corrected chi connectivity index (χ3v) is 3.78. The van der Waals surface area contributed by atoms with Gasteiger partial charge in [-0.3, -0.25) is 4.79 Å². The molecule has 1 aromatic rings. The Balaban J connectivity index is 1.68. The number of piperidine rings is 1. The van der Waals surface area contributed by atoms with Crippen LogP contribution in [-0.4, -0.2) is 41.1 Å². The normalized spacial score (nSPS) is 26.6. The number of para-hydroxylation sites is 1. The fraction of sp³-hybridized carbons (Fsp3) is 0.500. The van der Waals surface area contributed by atoms with Gasteiger partial charge in [-0.25, -0.2) is 0 Å². The van der Waals surface area contributed by atoms with Gasteiger partial charge in [-0.1, -0.05) is 18.2 Å². The lowest BCUT2D eigenvalue weighted by atomic mass is 10.1. The van der Waals surface area contributed by atoms with Gasteiger partial charge in [0.05, 0.1) is 6.10 Å². The van der Waals surface area contributed by atoms with E-state index in [1.54, 1.807) is 4.90 Å². The second-order valence-electron chi connectivity index (χ2n) is 5.14. The number of benzene rings is 1. The summed E-state index contributed by atoms with van der Waals surface area (Å²) in [7, 11) is 0. The first-order chi connectivity index (χ1) is 8.74. The number of rotatable bonds is 1. The van der Waals surface area contributed by atoms with Gasteiger partial charge in [0.25, 0.3) is 0 Å². The van der Waals surface area contributed by atoms with Crippen LogP contribution in [0.1, 0.15) is 18.4 Å². The van der Waals surface area contributed by atoms with Crippen molar-refractivity contribution in [3.05, 3.63) is 29.8 Å². The number of fused-ring (bicyclic) bond motifs is 1. The second kappa shape index (κ2) is 4.61. The van der Waals surface area contributed by atoms with Crippen LogP contribution in [0.5, 0.6) is 0 Å². The summed E-state index contributed by atoms with van der Waals surface area (Å²) >= 11 is 0. The number of β-amino-alcohol motifs (C(OH)–C–C–N with tert-alkyl or cyclic N) is 1. The number of carbonyl (C=O) groups excluding carboxylic acids is 1. The van der Waals surface area contributed by atoms with E-state index in [0.29, 0.717) is 6.54 Å². The number of nitrogens with zero attached hydrogens (tertiary/aromatic N) is 1. The Kier molecular flexibility index (Phi) is 2.96. The third kappa shape index (κ3) is 2.08. The van der Waals surface area contributed by atoms with Gasteiger partial charge in [-0.2, -0.15) is 0 Å². The van der Waals surface area contributed by atoms with Crippen molar-refractivity contribution in [3.63, 3.8) is 0 Å². The molecular weight excluding hydrogens is 228 g/mol. The smallest absolute Gasteiger partial charge is 0.245 e. The molecule has 2 N–H and O–H groups in total. The highest BCUT2D eigenvalue weighted by atomic mass is 16.3. The molecule has 2 atom stereocenters. The van der Waals surface area contributed by atoms with Crippen LogP contribution in [-0.2, 0) is 11.2 Å². The van der Waals surface area contributed by atoms with E-state index in [1.165, 1.54) is 5.56 Å². The molecule has 0 aromatic heterocycles. The van der Waals surface area contributed by atoms with Crippen LogP contribution in [0.3, 0.4) is 0 Å². The molecule has 3 rings (SSSR count). The van der Waals surface area contributed by atoms with Crippen molar-refractivity contribution in [3.8, 4) is 0 Å². The van der Waals surface area contributed by atoms with Gasteiger partial charge >= 0.3 is 0 Å². The standard InChI is InChI=1S/C14H18N2O2/c17-11-5-3-7-16(9-11)14(18)13-8-10-4-1-2-6-12(10)15-13/h1-2,4,6,11,13,15,17H,3,5,7-9H2/t11?,13-/m0/s1. The second-order valence-corrected chi connectivity index (χ2v) is 5.14. The van der Waals surface area contributed by atoms with Crippen molar-refractivity contribution < 1.29 is 9.90 Å². The highest BCUT2D eigenvalue weighted by Crippen LogP contribution is 2.26. The summed E-state index contributed by atoms with van der Waals surface area (Å²) in [4.78, 5) is 14.2. The van der Waals surface area contributed by atoms with Gasteiger partial charge < -0.3 is 15.3 Å². The number of hydrogen-bond donors (Lipinski definition) is 2. The minimum atomic E-state index is -0.355. The Hall–Kier alpha value is -1.55. The molecule has 96 valence electrons. The Morgan fingerprint density at radius 2 is 2.22 bits per heavy atom. The first-order valence-electron chi connectivity index (χ1n) is 6.55. The lowest BCUT2D eigenvalue weighted by Crippen LogP contribution is -2.48. The van der Waals surface area contributed by atoms with Crippen LogP contribution in [0.25, 0.3) is 0 Å². The van der Waals surface area contributed by atoms with Crippen molar-refractivity contribution in [1.82, 2.24) is 4.90 Å². The molecule has 4 nitrogen and oxygen atoms in total. The fourth-order valence-electron chi connectivity index (χ4n) is 2.82. The van der Waals surface area contributed by atoms with Crippen molar-refractivity contribution >= 4 is 11.6 Å². The van der Waals surface area contributed by atoms with E-state index in [2.05, 4.69) is 11.4 Å². The Morgan fingerprint density at radius 3 is 3.00 bits per heavy atom. The molecule has 1 aromatic carbocycles. The maximum Gasteiger partial charge on any atom is 0.245 e. The van der Waals surface area contributed by atoms with E-state index in [0.717, 1.165) is 31.5 Å². The first kappa shape index (κ1) is 11.5. The fourth-order valence-corrected chi connectivity index (χ4v) is 2.82. The number of aliphatic hydroxyl groups is 1. The number of amides is 1. The molecule has 2 aliphatic heterocycles. The number of hydrogen-bond acceptors (Lipinski definition) is 3. The van der Waals surface area contributed by atoms with Crippen LogP contribution in [0.2, 0.25) is 0 Å². The first-order valence-corrected chi connectivity index (χ1v) is 6.55. The zero-order valence-corrected chi connectivity index (χ0v) is 10.3. The minimum Gasteiger partial charge on any atom is -0.391 e. The number of aliphatic hydroxyl groups excluding tert-OH is 1. The molecule has 0 aliphatic carbocycles. The van der Waals surface area contributed by atoms with Crippen LogP contribution in [0, 0.1) is 0 Å². The van der Waals surface area contributed by atoms with E-state index in [-0.39, 0.29) is 18.1 Å². The summed E-state index contributed by atoms with van der Waals surface area (Å²) in [6.45, 7) is 1.25. The maximum absolute atomic E-state index is 12.4. The molecule has 1 saturated heterocycles. The van der Waals surface area contributed by atoms with Crippen molar-refractivity contribution in [2.24, 2.45) is 0 Å². The van der Waals surface area contributed by atoms with Crippen LogP contribution in [0.4, 0.5) is 5.69 Å². The Morgan fingerprint density at radius 1 is 1.39 bits per heavy atom. The van der Waals surface area contributed by atoms with Gasteiger partial charge in [-0.05, 0) is 24.5 Å². The van der Waals surface area contributed by atoms with Crippen LogP contribution < -0.4 is 5.32 Å². The Bertz CT molecular complexity index is 436. The summed E-state index contributed by atoms with van der Waals surface area (Å²) in [6.07, 6.45) is 2.10. The average Bonchev–Trinajstić information content (AvgIpc) is 2.81. The number of nitrogens with one attached hydrogen (secondary N) is 1. The molecule has 2 heterocycles. The van der Waals surface area contributed by atoms with E-state index >= 15 is 0 Å². The Labute approximate surface area is 107 Å². The highest BCUT2D eigenvalue weighted by Gasteiger charge is 2.31. The maximum atomic E-state index is 12.4. The summed E-state index contributed by atoms with van der Waals surface area (Å²) in [5, 5.41) is 12.9. The van der Waals surface area contributed by atoms with Gasteiger partial charge in [0, 0.05) is 25.2 Å². The van der Waals surface area contributed by atoms with Crippen molar-refractivity contribution in [2.45, 2.75) is 31.4 Å². The van der Waals surface area contributed by atoms with Gasteiger partial charge in [0.1, 0.15) is 6.04 Å². The number of carbonyl (C=O) groups is 1. The van der Waals surface area contributed by atoms with E-state index in [9.17, 15) is 9.90 Å². The predicted molar refractivity (Wildman–Crippen MR) is 69.4 cm³/mol. The van der Waals surface area contributed by atoms with E-state index in [4.69, 9.17) is 0 Å². The zero-order valence-electron chi connectivity index (χ0n) is 10.3. The quantitative estimate of drug-likeness (QED) is 0.777. The predicted octanol–water partition coefficient (Wildman–Crippen LogP) is 1.01. The topological polar surface area (TPSA) is 52.6 Å². The highest BCUT2D eigenvalue weighted by molar-refractivity contribution is 5.87. The van der Waals surface area contributed by atoms with Crippen LogP contribution >= 0.6 is 0 Å². The molecule has 0 radical (unpaired) electrons. The molecular formula is C14H18N2O2. The average molecular weight is 246 g/mol. The molecule has 0 saturated carbocycles. The summed E-state index contributed by atoms with van der Waals surface area (Å²) in [5.41, 5.74) is 2.27. The van der Waals surface area contributed by atoms with Crippen LogP contribution in [0.15, 0.2) is 24.3 Å². The molecule has 1 unspecified atom stereocenters. The van der Waals surface area contributed by atoms with Gasteiger partial charge in [0.15, 0.2) is 0 Å². The summed E-state index contributed by atoms with van der Waals surface area (Å²) in [5.74, 6) is 0.116. The molecule has 0 bridgehead atoms. The lowest BCUT2D eigenvalue weighted by molar-refractivity contribution is -0.134. The van der Waals surface area contributed by atoms with E-state index < -0.39 is 0 Å². The molecule has 1 amide bonds. The van der Waals surface area contributed by atoms with Crippen molar-refractivity contribution in [2.75, 3.05) is 18.4 Å². The molecule has 1 fully saturated rings. The SMILES string of the molecule is O=C([C@@H]1Cc2ccccc2N1)N1CCCC(O)C1. The number of likely N-dealkylation sites (tertiary alicyclic amines) is 1. The summed E-state index contributed by atoms with van der Waals surface area (Å²) < 4.78 is 0. The third-order valence-electron chi connectivity index (χ3n) is 3.78. The lowest BCUT2D eigenvalue weighted by Gasteiger charge is -2.32. The minimum absolute atomic E-state index is 0.116. The largest absolute Gasteiger partial charge is 0.391 e. The van der Waals surface area contributed by atoms with Crippen molar-refractivity contribution in [1.29, 1.82) is 0 Å². The molecule has 18 heavy (non-hydrogen) atoms. The molecule has 4 heteroatoms. The zero-order chi connectivity index (χ0) is 12.5. The van der Waals surface area contributed by atoms with Gasteiger partial charge in [-0.15, -0.1) is 0 Å². The van der Waals surface area contributed by atoms with E-state index in [1.807, 2.05) is 18.2 Å². The van der Waals surface area contributed by atoms with Gasteiger partial charge in [0.2, 0.25) is 5.91 Å². The molecule has 0 spiro atoms. The molecule has 2 aliphatic rings. The number of anilines is 1. The summed E-state index contributed by atoms with van der Waals surface area (Å²) in [6, 6.07) is 7.88.